The maximum atomic E-state index is 12.7. The normalized spacial score (nSPS) is 18.6. The monoisotopic (exact) mass is 395 g/mol. The Morgan fingerprint density at radius 1 is 1.48 bits per heavy atom. The Morgan fingerprint density at radius 3 is 2.89 bits per heavy atom. The predicted molar refractivity (Wildman–Crippen MR) is 97.9 cm³/mol. The number of hydrogen-bond acceptors (Lipinski definition) is 7. The van der Waals surface area contributed by atoms with Crippen molar-refractivity contribution in [2.24, 2.45) is 0 Å². The number of carbonyl (C=O) groups excluding carboxylic acids is 1. The van der Waals surface area contributed by atoms with Crippen LogP contribution in [0.15, 0.2) is 27.8 Å². The van der Waals surface area contributed by atoms with E-state index in [1.165, 1.54) is 18.2 Å². The van der Waals surface area contributed by atoms with Gasteiger partial charge in [0.15, 0.2) is 5.58 Å². The number of aromatic nitrogens is 1. The molecule has 0 aliphatic carbocycles. The minimum absolute atomic E-state index is 0.00142. The van der Waals surface area contributed by atoms with Crippen molar-refractivity contribution in [1.29, 1.82) is 0 Å². The minimum Gasteiger partial charge on any atom is -0.444 e. The molecule has 1 aliphatic heterocycles. The number of nitrogens with zero attached hydrogens (tertiary/aromatic N) is 3. The Hall–Kier alpha value is -2.49. The summed E-state index contributed by atoms with van der Waals surface area (Å²) in [6.45, 7) is 5.94. The van der Waals surface area contributed by atoms with Gasteiger partial charge in [-0.05, 0) is 39.7 Å². The van der Waals surface area contributed by atoms with E-state index in [2.05, 4.69) is 4.98 Å². The number of rotatable bonds is 4. The Kier molecular flexibility index (Phi) is 5.18. The van der Waals surface area contributed by atoms with E-state index < -0.39 is 27.4 Å². The molecule has 9 nitrogen and oxygen atoms in total. The third-order valence-corrected chi connectivity index (χ3v) is 5.36. The summed E-state index contributed by atoms with van der Waals surface area (Å²) < 4.78 is 23.6. The topological polar surface area (TPSA) is 116 Å². The van der Waals surface area contributed by atoms with Gasteiger partial charge in [-0.1, -0.05) is 0 Å². The van der Waals surface area contributed by atoms with Crippen LogP contribution in [-0.2, 0) is 15.5 Å². The highest BCUT2D eigenvalue weighted by molar-refractivity contribution is 7.84. The molecule has 2 heterocycles. The number of fused-ring (bicyclic) bond motifs is 1. The number of likely N-dealkylation sites (tertiary alicyclic amines) is 1. The second-order valence-corrected chi connectivity index (χ2v) is 8.74. The Balaban J connectivity index is 1.73. The first-order valence-corrected chi connectivity index (χ1v) is 9.89. The van der Waals surface area contributed by atoms with Crippen molar-refractivity contribution in [3.8, 4) is 0 Å². The molecule has 0 unspecified atom stereocenters. The number of oxazole rings is 1. The average molecular weight is 395 g/mol. The van der Waals surface area contributed by atoms with Crippen molar-refractivity contribution in [3.63, 3.8) is 0 Å². The molecule has 1 aromatic heterocycles. The molecule has 0 saturated carbocycles. The van der Waals surface area contributed by atoms with Gasteiger partial charge in [0, 0.05) is 24.7 Å². The first-order valence-electron chi connectivity index (χ1n) is 8.57. The number of hydrogen-bond donors (Lipinski definition) is 0. The second-order valence-electron chi connectivity index (χ2n) is 7.37. The fourth-order valence-corrected chi connectivity index (χ4v) is 4.14. The highest BCUT2D eigenvalue weighted by Crippen LogP contribution is 2.26. The van der Waals surface area contributed by atoms with E-state index in [1.807, 2.05) is 0 Å². The van der Waals surface area contributed by atoms with Crippen LogP contribution in [0, 0.1) is 10.1 Å². The van der Waals surface area contributed by atoms with Crippen LogP contribution in [0.5, 0.6) is 0 Å². The number of benzene rings is 1. The molecule has 146 valence electrons. The smallest absolute Gasteiger partial charge is 0.410 e. The molecule has 0 bridgehead atoms. The molecule has 3 rings (SSSR count). The van der Waals surface area contributed by atoms with Gasteiger partial charge in [0.05, 0.1) is 10.7 Å². The molecule has 1 amide bonds. The maximum absolute atomic E-state index is 12.7. The van der Waals surface area contributed by atoms with E-state index >= 15 is 0 Å². The number of nitro benzene ring substituents is 1. The molecule has 1 aromatic carbocycles. The van der Waals surface area contributed by atoms with Crippen molar-refractivity contribution < 1.29 is 23.1 Å². The van der Waals surface area contributed by atoms with E-state index in [1.54, 1.807) is 25.7 Å². The van der Waals surface area contributed by atoms with E-state index in [4.69, 9.17) is 9.15 Å². The largest absolute Gasteiger partial charge is 0.444 e. The zero-order chi connectivity index (χ0) is 19.8. The highest BCUT2D eigenvalue weighted by Gasteiger charge is 2.34. The van der Waals surface area contributed by atoms with Gasteiger partial charge in [0.1, 0.15) is 21.9 Å². The van der Waals surface area contributed by atoms with Crippen molar-refractivity contribution in [1.82, 2.24) is 9.88 Å². The first kappa shape index (κ1) is 19.3. The molecule has 2 atom stereocenters. The number of amides is 1. The van der Waals surface area contributed by atoms with Crippen LogP contribution in [0.4, 0.5) is 10.5 Å². The fourth-order valence-electron chi connectivity index (χ4n) is 2.92. The average Bonchev–Trinajstić information content (AvgIpc) is 3.18. The summed E-state index contributed by atoms with van der Waals surface area (Å²) >= 11 is 0. The van der Waals surface area contributed by atoms with Gasteiger partial charge in [-0.2, -0.15) is 0 Å². The Bertz CT molecular complexity index is 904. The summed E-state index contributed by atoms with van der Waals surface area (Å²) in [4.78, 5) is 28.4. The van der Waals surface area contributed by atoms with Crippen LogP contribution < -0.4 is 0 Å². The minimum atomic E-state index is -1.58. The van der Waals surface area contributed by atoms with Gasteiger partial charge in [0.25, 0.3) is 10.9 Å². The van der Waals surface area contributed by atoms with Gasteiger partial charge in [0.2, 0.25) is 0 Å². The third-order valence-electron chi connectivity index (χ3n) is 4.11. The van der Waals surface area contributed by atoms with Gasteiger partial charge in [-0.15, -0.1) is 0 Å². The lowest BCUT2D eigenvalue weighted by atomic mass is 10.2. The van der Waals surface area contributed by atoms with Crippen LogP contribution in [0.25, 0.3) is 11.1 Å². The molecule has 0 spiro atoms. The van der Waals surface area contributed by atoms with Gasteiger partial charge >= 0.3 is 6.09 Å². The molecule has 1 fully saturated rings. The van der Waals surface area contributed by atoms with Crippen LogP contribution in [0.3, 0.4) is 0 Å². The van der Waals surface area contributed by atoms with Crippen LogP contribution >= 0.6 is 0 Å². The molecule has 1 saturated heterocycles. The number of nitro groups is 1. The molecule has 10 heteroatoms. The molecular weight excluding hydrogens is 374 g/mol. The van der Waals surface area contributed by atoms with Gasteiger partial charge in [-0.3, -0.25) is 10.1 Å². The van der Waals surface area contributed by atoms with E-state index in [-0.39, 0.29) is 28.2 Å². The molecule has 2 aromatic rings. The van der Waals surface area contributed by atoms with Crippen LogP contribution in [-0.4, -0.2) is 49.0 Å². The predicted octanol–water partition coefficient (Wildman–Crippen LogP) is 3.24. The van der Waals surface area contributed by atoms with Crippen LogP contribution in [0.2, 0.25) is 0 Å². The lowest BCUT2D eigenvalue weighted by Crippen LogP contribution is -2.42. The van der Waals surface area contributed by atoms with Gasteiger partial charge < -0.3 is 14.1 Å². The lowest BCUT2D eigenvalue weighted by Gasteiger charge is -2.28. The summed E-state index contributed by atoms with van der Waals surface area (Å²) in [5.41, 5.74) is -0.0966. The summed E-state index contributed by atoms with van der Waals surface area (Å²) in [6.07, 6.45) is 1.10. The Morgan fingerprint density at radius 2 is 2.22 bits per heavy atom. The fraction of sp³-hybridized carbons (Fsp3) is 0.529. The maximum Gasteiger partial charge on any atom is 0.410 e. The van der Waals surface area contributed by atoms with Crippen molar-refractivity contribution in [2.75, 3.05) is 12.3 Å². The highest BCUT2D eigenvalue weighted by atomic mass is 32.2. The summed E-state index contributed by atoms with van der Waals surface area (Å²) in [7, 11) is -1.58. The van der Waals surface area contributed by atoms with Crippen molar-refractivity contribution in [2.45, 2.75) is 50.5 Å². The Labute approximate surface area is 158 Å². The number of non-ortho nitro benzene ring substituents is 1. The van der Waals surface area contributed by atoms with E-state index in [0.717, 1.165) is 12.8 Å². The molecule has 0 N–H and O–H groups in total. The zero-order valence-electron chi connectivity index (χ0n) is 15.3. The SMILES string of the molecule is CC(C)(C)OC(=O)N1CCC[C@@H]1C[S@](=O)c1nc2cc([N+](=O)[O-])ccc2o1. The lowest BCUT2D eigenvalue weighted by molar-refractivity contribution is -0.384. The molecular formula is C17H21N3O6S. The molecule has 0 radical (unpaired) electrons. The van der Waals surface area contributed by atoms with E-state index in [9.17, 15) is 19.1 Å². The van der Waals surface area contributed by atoms with Crippen molar-refractivity contribution in [3.05, 3.63) is 28.3 Å². The summed E-state index contributed by atoms with van der Waals surface area (Å²) in [5, 5.41) is 10.9. The molecule has 27 heavy (non-hydrogen) atoms. The summed E-state index contributed by atoms with van der Waals surface area (Å²) in [6, 6.07) is 3.79. The summed E-state index contributed by atoms with van der Waals surface area (Å²) in [5.74, 6) is 0.175. The third kappa shape index (κ3) is 4.44. The molecule has 1 aliphatic rings. The van der Waals surface area contributed by atoms with E-state index in [0.29, 0.717) is 12.1 Å². The zero-order valence-corrected chi connectivity index (χ0v) is 16.2. The quantitative estimate of drug-likeness (QED) is 0.576. The number of ether oxygens (including phenoxy) is 1. The van der Waals surface area contributed by atoms with Crippen molar-refractivity contribution >= 4 is 33.7 Å². The first-order chi connectivity index (χ1) is 12.6. The standard InChI is InChI=1S/C17H21N3O6S/c1-17(2,3)26-16(21)19-8-4-5-12(19)10-27(24)15-18-13-9-11(20(22)23)6-7-14(13)25-15/h6-7,9,12H,4-5,8,10H2,1-3H3/t12-,27+/m1/s1. The number of carbonyl (C=O) groups is 1. The second kappa shape index (κ2) is 7.26. The van der Waals surface area contributed by atoms with Crippen LogP contribution in [0.1, 0.15) is 33.6 Å². The van der Waals surface area contributed by atoms with Gasteiger partial charge in [-0.25, -0.2) is 14.0 Å².